The van der Waals surface area contributed by atoms with Crippen LogP contribution in [0.25, 0.3) is 0 Å². The van der Waals surface area contributed by atoms with Crippen LogP contribution in [0, 0.1) is 0 Å². The minimum Gasteiger partial charge on any atom is -0.497 e. The molecule has 1 heterocycles. The Hall–Kier alpha value is -2.44. The van der Waals surface area contributed by atoms with Crippen LogP contribution < -0.4 is 18.9 Å². The molecule has 1 aliphatic rings. The minimum atomic E-state index is -0.727. The van der Waals surface area contributed by atoms with Gasteiger partial charge < -0.3 is 28.4 Å². The molecule has 27 heavy (non-hydrogen) atoms. The zero-order valence-electron chi connectivity index (χ0n) is 16.6. The third-order valence-corrected chi connectivity index (χ3v) is 4.56. The first-order chi connectivity index (χ1) is 12.9. The van der Waals surface area contributed by atoms with Gasteiger partial charge in [-0.25, -0.2) is 0 Å². The second-order valence-corrected chi connectivity index (χ2v) is 6.71. The first kappa shape index (κ1) is 19.3. The maximum atomic E-state index is 6.23. The molecule has 2 aromatic carbocycles. The maximum Gasteiger partial charge on any atom is 0.203 e. The van der Waals surface area contributed by atoms with Crippen molar-refractivity contribution in [2.75, 3.05) is 28.4 Å². The molecule has 1 saturated heterocycles. The predicted molar refractivity (Wildman–Crippen MR) is 101 cm³/mol. The lowest BCUT2D eigenvalue weighted by Gasteiger charge is -2.20. The van der Waals surface area contributed by atoms with Crippen molar-refractivity contribution < 1.29 is 28.4 Å². The maximum absolute atomic E-state index is 6.23. The molecule has 6 nitrogen and oxygen atoms in total. The van der Waals surface area contributed by atoms with Crippen LogP contribution in [0.5, 0.6) is 23.0 Å². The van der Waals surface area contributed by atoms with Crippen molar-refractivity contribution in [1.29, 1.82) is 0 Å². The Labute approximate surface area is 159 Å². The molecule has 1 aliphatic heterocycles. The molecule has 2 atom stereocenters. The molecule has 0 unspecified atom stereocenters. The fourth-order valence-electron chi connectivity index (χ4n) is 3.31. The summed E-state index contributed by atoms with van der Waals surface area (Å²) in [5, 5.41) is 0. The van der Waals surface area contributed by atoms with Crippen molar-refractivity contribution in [3.63, 3.8) is 0 Å². The third kappa shape index (κ3) is 3.82. The molecule has 1 fully saturated rings. The number of hydrogen-bond acceptors (Lipinski definition) is 6. The van der Waals surface area contributed by atoms with Crippen molar-refractivity contribution in [2.45, 2.75) is 31.8 Å². The summed E-state index contributed by atoms with van der Waals surface area (Å²) in [6.45, 7) is 3.81. The fraction of sp³-hybridized carbons (Fsp3) is 0.429. The van der Waals surface area contributed by atoms with Crippen LogP contribution in [0.4, 0.5) is 0 Å². The minimum absolute atomic E-state index is 0.284. The van der Waals surface area contributed by atoms with Gasteiger partial charge in [-0.05, 0) is 49.2 Å². The van der Waals surface area contributed by atoms with E-state index in [1.165, 1.54) is 0 Å². The van der Waals surface area contributed by atoms with Crippen molar-refractivity contribution in [3.8, 4) is 23.0 Å². The van der Waals surface area contributed by atoms with Crippen LogP contribution in [-0.2, 0) is 9.47 Å². The molecular formula is C21H26O6. The predicted octanol–water partition coefficient (Wildman–Crippen LogP) is 4.29. The summed E-state index contributed by atoms with van der Waals surface area (Å²) in [5.74, 6) is 1.77. The largest absolute Gasteiger partial charge is 0.497 e. The molecule has 146 valence electrons. The smallest absolute Gasteiger partial charge is 0.203 e. The van der Waals surface area contributed by atoms with Crippen LogP contribution in [0.15, 0.2) is 36.4 Å². The summed E-state index contributed by atoms with van der Waals surface area (Å²) in [6.07, 6.45) is -0.615. The van der Waals surface area contributed by atoms with E-state index in [1.54, 1.807) is 28.4 Å². The van der Waals surface area contributed by atoms with Gasteiger partial charge in [-0.1, -0.05) is 12.1 Å². The number of benzene rings is 2. The number of methoxy groups -OCH3 is 4. The van der Waals surface area contributed by atoms with Crippen LogP contribution in [0.2, 0.25) is 0 Å². The van der Waals surface area contributed by atoms with E-state index in [-0.39, 0.29) is 12.2 Å². The molecule has 0 radical (unpaired) electrons. The van der Waals surface area contributed by atoms with Crippen LogP contribution in [-0.4, -0.2) is 34.2 Å². The molecule has 2 aromatic rings. The summed E-state index contributed by atoms with van der Waals surface area (Å²) in [4.78, 5) is 0. The summed E-state index contributed by atoms with van der Waals surface area (Å²) in [6, 6.07) is 11.6. The summed E-state index contributed by atoms with van der Waals surface area (Å²) in [5.41, 5.74) is 1.89. The average molecular weight is 374 g/mol. The highest BCUT2D eigenvalue weighted by Gasteiger charge is 2.43. The van der Waals surface area contributed by atoms with Gasteiger partial charge in [-0.2, -0.15) is 0 Å². The lowest BCUT2D eigenvalue weighted by molar-refractivity contribution is -0.147. The molecule has 0 amide bonds. The zero-order chi connectivity index (χ0) is 19.6. The average Bonchev–Trinajstić information content (AvgIpc) is 3.02. The first-order valence-electron chi connectivity index (χ1n) is 8.72. The van der Waals surface area contributed by atoms with Gasteiger partial charge in [0.15, 0.2) is 17.3 Å². The van der Waals surface area contributed by atoms with Gasteiger partial charge in [0.2, 0.25) is 5.75 Å². The van der Waals surface area contributed by atoms with E-state index >= 15 is 0 Å². The number of rotatable bonds is 6. The Bertz CT molecular complexity index is 759. The number of ether oxygens (including phenoxy) is 6. The second-order valence-electron chi connectivity index (χ2n) is 6.71. The Morgan fingerprint density at radius 1 is 0.704 bits per heavy atom. The van der Waals surface area contributed by atoms with Gasteiger partial charge in [-0.15, -0.1) is 0 Å². The lowest BCUT2D eigenvalue weighted by atomic mass is 9.97. The molecule has 0 aromatic heterocycles. The highest BCUT2D eigenvalue weighted by Crippen LogP contribution is 2.50. The monoisotopic (exact) mass is 374 g/mol. The Kier molecular flexibility index (Phi) is 5.48. The standard InChI is InChI=1S/C21H26O6/c1-21(2)26-18(13-7-9-15(22-3)10-8-13)19(27-21)14-11-16(23-4)20(25-6)17(12-14)24-5/h7-12,18-19H,1-6H3/t18-,19-/m1/s1. The molecule has 0 N–H and O–H groups in total. The molecule has 3 rings (SSSR count). The first-order valence-corrected chi connectivity index (χ1v) is 8.72. The summed E-state index contributed by atoms with van der Waals surface area (Å²) >= 11 is 0. The second kappa shape index (κ2) is 7.66. The highest BCUT2D eigenvalue weighted by atomic mass is 16.8. The van der Waals surface area contributed by atoms with E-state index in [0.717, 1.165) is 16.9 Å². The van der Waals surface area contributed by atoms with Crippen molar-refractivity contribution in [3.05, 3.63) is 47.5 Å². The van der Waals surface area contributed by atoms with Crippen molar-refractivity contribution in [1.82, 2.24) is 0 Å². The van der Waals surface area contributed by atoms with E-state index < -0.39 is 5.79 Å². The van der Waals surface area contributed by atoms with Gasteiger partial charge in [-0.3, -0.25) is 0 Å². The Morgan fingerprint density at radius 2 is 1.22 bits per heavy atom. The van der Waals surface area contributed by atoms with E-state index in [2.05, 4.69) is 0 Å². The molecule has 0 saturated carbocycles. The summed E-state index contributed by atoms with van der Waals surface area (Å²) in [7, 11) is 6.42. The van der Waals surface area contributed by atoms with Crippen molar-refractivity contribution in [2.24, 2.45) is 0 Å². The SMILES string of the molecule is COc1ccc([C@H]2OC(C)(C)O[C@@H]2c2cc(OC)c(OC)c(OC)c2)cc1. The van der Waals surface area contributed by atoms with Gasteiger partial charge >= 0.3 is 0 Å². The number of hydrogen-bond donors (Lipinski definition) is 0. The van der Waals surface area contributed by atoms with Gasteiger partial charge in [0.1, 0.15) is 18.0 Å². The zero-order valence-corrected chi connectivity index (χ0v) is 16.6. The Morgan fingerprint density at radius 3 is 1.67 bits per heavy atom. The van der Waals surface area contributed by atoms with E-state index in [1.807, 2.05) is 50.2 Å². The molecule has 0 bridgehead atoms. The third-order valence-electron chi connectivity index (χ3n) is 4.56. The summed E-state index contributed by atoms with van der Waals surface area (Å²) < 4.78 is 34.1. The van der Waals surface area contributed by atoms with E-state index in [4.69, 9.17) is 28.4 Å². The Balaban J connectivity index is 2.04. The molecular weight excluding hydrogens is 348 g/mol. The normalized spacial score (nSPS) is 21.0. The topological polar surface area (TPSA) is 55.4 Å². The van der Waals surface area contributed by atoms with Gasteiger partial charge in [0.05, 0.1) is 28.4 Å². The van der Waals surface area contributed by atoms with Crippen LogP contribution >= 0.6 is 0 Å². The van der Waals surface area contributed by atoms with Gasteiger partial charge in [0.25, 0.3) is 0 Å². The van der Waals surface area contributed by atoms with Gasteiger partial charge in [0, 0.05) is 0 Å². The highest BCUT2D eigenvalue weighted by molar-refractivity contribution is 5.54. The molecule has 0 aliphatic carbocycles. The molecule has 6 heteroatoms. The molecule has 0 spiro atoms. The lowest BCUT2D eigenvalue weighted by Crippen LogP contribution is -2.20. The van der Waals surface area contributed by atoms with E-state index in [0.29, 0.717) is 17.2 Å². The fourth-order valence-corrected chi connectivity index (χ4v) is 3.31. The van der Waals surface area contributed by atoms with E-state index in [9.17, 15) is 0 Å². The van der Waals surface area contributed by atoms with Crippen LogP contribution in [0.3, 0.4) is 0 Å². The van der Waals surface area contributed by atoms with Crippen molar-refractivity contribution >= 4 is 0 Å². The van der Waals surface area contributed by atoms with Crippen LogP contribution in [0.1, 0.15) is 37.2 Å². The quantitative estimate of drug-likeness (QED) is 0.752.